The molecule has 0 radical (unpaired) electrons. The third kappa shape index (κ3) is 5.27. The zero-order valence-corrected chi connectivity index (χ0v) is 15.6. The summed E-state index contributed by atoms with van der Waals surface area (Å²) in [6, 6.07) is 0. The van der Waals surface area contributed by atoms with Crippen LogP contribution in [0.25, 0.3) is 0 Å². The van der Waals surface area contributed by atoms with Gasteiger partial charge in [0.25, 0.3) is 0 Å². The van der Waals surface area contributed by atoms with Crippen LogP contribution in [0.15, 0.2) is 0 Å². The highest BCUT2D eigenvalue weighted by Crippen LogP contribution is 2.27. The van der Waals surface area contributed by atoms with Gasteiger partial charge in [0.2, 0.25) is 11.8 Å². The molecule has 0 aromatic carbocycles. The summed E-state index contributed by atoms with van der Waals surface area (Å²) in [6.07, 6.45) is 4.81. The molecular weight excluding hydrogens is 326 g/mol. The van der Waals surface area contributed by atoms with Crippen LogP contribution in [0.1, 0.15) is 42.7 Å². The van der Waals surface area contributed by atoms with Gasteiger partial charge < -0.3 is 15.0 Å². The normalized spacial score (nSPS) is 14.8. The topological polar surface area (TPSA) is 71.5 Å². The van der Waals surface area contributed by atoms with Crippen molar-refractivity contribution in [1.82, 2.24) is 9.88 Å². The van der Waals surface area contributed by atoms with Crippen molar-refractivity contribution < 1.29 is 14.3 Å². The van der Waals surface area contributed by atoms with Gasteiger partial charge in [0.05, 0.1) is 12.2 Å². The molecule has 1 heterocycles. The van der Waals surface area contributed by atoms with Gasteiger partial charge in [0.1, 0.15) is 0 Å². The summed E-state index contributed by atoms with van der Waals surface area (Å²) < 4.78 is 5.07. The van der Waals surface area contributed by atoms with Crippen molar-refractivity contribution in [2.24, 2.45) is 5.92 Å². The van der Waals surface area contributed by atoms with E-state index in [0.29, 0.717) is 18.3 Å². The molecule has 2 amide bonds. The number of amides is 2. The third-order valence-electron chi connectivity index (χ3n) is 4.40. The fraction of sp³-hybridized carbons (Fsp3) is 0.706. The Morgan fingerprint density at radius 3 is 2.62 bits per heavy atom. The Hall–Kier alpha value is -1.47. The van der Waals surface area contributed by atoms with Gasteiger partial charge in [-0.1, -0.05) is 12.8 Å². The van der Waals surface area contributed by atoms with E-state index < -0.39 is 0 Å². The van der Waals surface area contributed by atoms with Crippen LogP contribution in [0, 0.1) is 19.8 Å². The Bertz CT molecular complexity index is 548. The molecular formula is C17H27N3O3S. The van der Waals surface area contributed by atoms with Crippen molar-refractivity contribution in [2.45, 2.75) is 46.0 Å². The first-order valence-electron chi connectivity index (χ1n) is 8.53. The number of thiazole rings is 1. The molecule has 2 rings (SSSR count). The summed E-state index contributed by atoms with van der Waals surface area (Å²) in [4.78, 5) is 32.1. The van der Waals surface area contributed by atoms with Gasteiger partial charge in [0, 0.05) is 31.1 Å². The zero-order valence-electron chi connectivity index (χ0n) is 14.8. The van der Waals surface area contributed by atoms with Crippen LogP contribution in [0.2, 0.25) is 0 Å². The molecule has 7 heteroatoms. The summed E-state index contributed by atoms with van der Waals surface area (Å²) in [6.45, 7) is 5.11. The molecule has 1 N–H and O–H groups in total. The molecule has 24 heavy (non-hydrogen) atoms. The SMILES string of the molecule is COCCCN(CC(=O)Nc1nc(C)c(C)s1)C(=O)C1CCCC1. The second-order valence-corrected chi connectivity index (χ2v) is 7.50. The molecule has 6 nitrogen and oxygen atoms in total. The number of hydrogen-bond acceptors (Lipinski definition) is 5. The number of ether oxygens (including phenoxy) is 1. The van der Waals surface area contributed by atoms with Crippen molar-refractivity contribution in [2.75, 3.05) is 32.1 Å². The van der Waals surface area contributed by atoms with Gasteiger partial charge in [-0.25, -0.2) is 4.98 Å². The number of aromatic nitrogens is 1. The molecule has 0 spiro atoms. The molecule has 1 aromatic rings. The van der Waals surface area contributed by atoms with Crippen LogP contribution in [0.3, 0.4) is 0 Å². The monoisotopic (exact) mass is 353 g/mol. The minimum atomic E-state index is -0.187. The molecule has 0 saturated heterocycles. The van der Waals surface area contributed by atoms with E-state index in [9.17, 15) is 9.59 Å². The lowest BCUT2D eigenvalue weighted by Crippen LogP contribution is -2.41. The standard InChI is InChI=1S/C17H27N3O3S/c1-12-13(2)24-17(18-12)19-15(21)11-20(9-6-10-23-3)16(22)14-7-4-5-8-14/h14H,4-11H2,1-3H3,(H,18,19,21). The average molecular weight is 353 g/mol. The predicted octanol–water partition coefficient (Wildman–Crippen LogP) is 2.75. The van der Waals surface area contributed by atoms with Crippen LogP contribution >= 0.6 is 11.3 Å². The smallest absolute Gasteiger partial charge is 0.245 e. The second kappa shape index (κ2) is 9.13. The largest absolute Gasteiger partial charge is 0.385 e. The molecule has 1 aliphatic rings. The number of carbonyl (C=O) groups is 2. The average Bonchev–Trinajstić information content (AvgIpc) is 3.16. The maximum Gasteiger partial charge on any atom is 0.245 e. The second-order valence-electron chi connectivity index (χ2n) is 6.30. The van der Waals surface area contributed by atoms with Crippen LogP contribution in [0.4, 0.5) is 5.13 Å². The first-order chi connectivity index (χ1) is 11.5. The van der Waals surface area contributed by atoms with Gasteiger partial charge in [-0.05, 0) is 33.1 Å². The number of anilines is 1. The first kappa shape index (κ1) is 18.9. The molecule has 0 unspecified atom stereocenters. The fourth-order valence-electron chi connectivity index (χ4n) is 2.96. The predicted molar refractivity (Wildman–Crippen MR) is 95.2 cm³/mol. The lowest BCUT2D eigenvalue weighted by molar-refractivity contribution is -0.138. The number of rotatable bonds is 8. The Morgan fingerprint density at radius 2 is 2.04 bits per heavy atom. The van der Waals surface area contributed by atoms with Crippen LogP contribution in [-0.4, -0.2) is 48.5 Å². The summed E-state index contributed by atoms with van der Waals surface area (Å²) in [5.41, 5.74) is 0.925. The molecule has 0 aliphatic heterocycles. The van der Waals surface area contributed by atoms with Gasteiger partial charge >= 0.3 is 0 Å². The maximum absolute atomic E-state index is 12.7. The molecule has 1 saturated carbocycles. The quantitative estimate of drug-likeness (QED) is 0.730. The minimum Gasteiger partial charge on any atom is -0.385 e. The molecule has 134 valence electrons. The first-order valence-corrected chi connectivity index (χ1v) is 9.34. The number of methoxy groups -OCH3 is 1. The molecule has 1 fully saturated rings. The van der Waals surface area contributed by atoms with E-state index in [4.69, 9.17) is 4.74 Å². The Labute approximate surface area is 147 Å². The van der Waals surface area contributed by atoms with Gasteiger partial charge in [-0.3, -0.25) is 9.59 Å². The molecule has 1 aromatic heterocycles. The van der Waals surface area contributed by atoms with Crippen molar-refractivity contribution in [3.8, 4) is 0 Å². The van der Waals surface area contributed by atoms with Gasteiger partial charge in [-0.15, -0.1) is 11.3 Å². The molecule has 0 atom stereocenters. The summed E-state index contributed by atoms with van der Waals surface area (Å²) in [7, 11) is 1.64. The van der Waals surface area contributed by atoms with E-state index in [1.807, 2.05) is 13.8 Å². The third-order valence-corrected chi connectivity index (χ3v) is 5.39. The van der Waals surface area contributed by atoms with Crippen molar-refractivity contribution in [1.29, 1.82) is 0 Å². The fourth-order valence-corrected chi connectivity index (χ4v) is 3.79. The van der Waals surface area contributed by atoms with Crippen molar-refractivity contribution >= 4 is 28.3 Å². The minimum absolute atomic E-state index is 0.0738. The van der Waals surface area contributed by atoms with E-state index in [2.05, 4.69) is 10.3 Å². The number of hydrogen-bond donors (Lipinski definition) is 1. The van der Waals surface area contributed by atoms with Crippen LogP contribution in [-0.2, 0) is 14.3 Å². The Morgan fingerprint density at radius 1 is 1.33 bits per heavy atom. The van der Waals surface area contributed by atoms with Crippen molar-refractivity contribution in [3.05, 3.63) is 10.6 Å². The number of carbonyl (C=O) groups excluding carboxylic acids is 2. The van der Waals surface area contributed by atoms with E-state index in [1.54, 1.807) is 12.0 Å². The van der Waals surface area contributed by atoms with E-state index >= 15 is 0 Å². The van der Waals surface area contributed by atoms with Crippen LogP contribution in [0.5, 0.6) is 0 Å². The van der Waals surface area contributed by atoms with Gasteiger partial charge in [0.15, 0.2) is 5.13 Å². The number of aryl methyl sites for hydroxylation is 2. The number of nitrogens with zero attached hydrogens (tertiary/aromatic N) is 2. The van der Waals surface area contributed by atoms with E-state index in [1.165, 1.54) is 11.3 Å². The lowest BCUT2D eigenvalue weighted by atomic mass is 10.1. The van der Waals surface area contributed by atoms with Crippen LogP contribution < -0.4 is 5.32 Å². The highest BCUT2D eigenvalue weighted by Gasteiger charge is 2.28. The lowest BCUT2D eigenvalue weighted by Gasteiger charge is -2.25. The summed E-state index contributed by atoms with van der Waals surface area (Å²) >= 11 is 1.46. The molecule has 1 aliphatic carbocycles. The van der Waals surface area contributed by atoms with Crippen molar-refractivity contribution in [3.63, 3.8) is 0 Å². The highest BCUT2D eigenvalue weighted by molar-refractivity contribution is 7.15. The summed E-state index contributed by atoms with van der Waals surface area (Å²) in [5, 5.41) is 3.41. The van der Waals surface area contributed by atoms with E-state index in [-0.39, 0.29) is 24.3 Å². The zero-order chi connectivity index (χ0) is 17.5. The van der Waals surface area contributed by atoms with Gasteiger partial charge in [-0.2, -0.15) is 0 Å². The highest BCUT2D eigenvalue weighted by atomic mass is 32.1. The maximum atomic E-state index is 12.7. The number of nitrogens with one attached hydrogen (secondary N) is 1. The van der Waals surface area contributed by atoms with E-state index in [0.717, 1.165) is 42.7 Å². The Balaban J connectivity index is 1.94. The Kier molecular flexibility index (Phi) is 7.17. The summed E-state index contributed by atoms with van der Waals surface area (Å²) in [5.74, 6) is -0.0116. The molecule has 0 bridgehead atoms.